The molecule has 7 nitrogen and oxygen atoms in total. The van der Waals surface area contributed by atoms with Crippen LogP contribution in [0.1, 0.15) is 10.4 Å². The first-order valence-electron chi connectivity index (χ1n) is 8.56. The standard InChI is InChI=1S/C20H17N5O2/c26-19-10-9-18(24-13-4-11-22-24)23-25(19)14-12-21-20(27)17-8-3-6-15-5-1-2-7-16(15)17/h1-11,13H,12,14H2,(H,21,27). The normalized spacial score (nSPS) is 10.8. The van der Waals surface area contributed by atoms with Gasteiger partial charge >= 0.3 is 0 Å². The number of rotatable bonds is 5. The molecule has 0 aliphatic heterocycles. The van der Waals surface area contributed by atoms with Crippen molar-refractivity contribution in [2.24, 2.45) is 0 Å². The van der Waals surface area contributed by atoms with Gasteiger partial charge in [0.1, 0.15) is 0 Å². The fourth-order valence-electron chi connectivity index (χ4n) is 2.92. The Morgan fingerprint density at radius 2 is 1.85 bits per heavy atom. The number of nitrogens with one attached hydrogen (secondary N) is 1. The molecule has 0 fully saturated rings. The van der Waals surface area contributed by atoms with E-state index in [4.69, 9.17) is 0 Å². The highest BCUT2D eigenvalue weighted by Crippen LogP contribution is 2.18. The van der Waals surface area contributed by atoms with Crippen LogP contribution in [0.5, 0.6) is 0 Å². The SMILES string of the molecule is O=C(NCCn1nc(-n2cccn2)ccc1=O)c1cccc2ccccc12. The average molecular weight is 359 g/mol. The van der Waals surface area contributed by atoms with E-state index in [2.05, 4.69) is 15.5 Å². The van der Waals surface area contributed by atoms with Crippen molar-refractivity contribution < 1.29 is 4.79 Å². The van der Waals surface area contributed by atoms with Crippen molar-refractivity contribution in [3.05, 3.63) is 89.0 Å². The van der Waals surface area contributed by atoms with Crippen molar-refractivity contribution in [2.45, 2.75) is 6.54 Å². The first-order valence-corrected chi connectivity index (χ1v) is 8.56. The van der Waals surface area contributed by atoms with Crippen LogP contribution in [-0.2, 0) is 6.54 Å². The summed E-state index contributed by atoms with van der Waals surface area (Å²) in [5.41, 5.74) is 0.379. The van der Waals surface area contributed by atoms with Crippen LogP contribution < -0.4 is 10.9 Å². The van der Waals surface area contributed by atoms with E-state index in [1.54, 1.807) is 35.3 Å². The summed E-state index contributed by atoms with van der Waals surface area (Å²) in [5.74, 6) is 0.364. The molecule has 0 radical (unpaired) electrons. The Bertz CT molecular complexity index is 1140. The molecule has 0 atom stereocenters. The van der Waals surface area contributed by atoms with Crippen LogP contribution in [0.2, 0.25) is 0 Å². The maximum Gasteiger partial charge on any atom is 0.266 e. The second-order valence-electron chi connectivity index (χ2n) is 5.99. The third-order valence-electron chi connectivity index (χ3n) is 4.24. The molecule has 0 aliphatic carbocycles. The Morgan fingerprint density at radius 1 is 1.00 bits per heavy atom. The van der Waals surface area contributed by atoms with Gasteiger partial charge in [-0.15, -0.1) is 5.10 Å². The van der Waals surface area contributed by atoms with Crippen molar-refractivity contribution in [2.75, 3.05) is 6.54 Å². The predicted molar refractivity (Wildman–Crippen MR) is 102 cm³/mol. The molecule has 7 heteroatoms. The quantitative estimate of drug-likeness (QED) is 0.591. The van der Waals surface area contributed by atoms with Crippen LogP contribution in [0.15, 0.2) is 77.9 Å². The summed E-state index contributed by atoms with van der Waals surface area (Å²) in [7, 11) is 0. The van der Waals surface area contributed by atoms with Gasteiger partial charge in [0.15, 0.2) is 5.82 Å². The van der Waals surface area contributed by atoms with E-state index in [1.165, 1.54) is 10.7 Å². The Kier molecular flexibility index (Phi) is 4.49. The lowest BCUT2D eigenvalue weighted by molar-refractivity contribution is 0.0953. The zero-order valence-corrected chi connectivity index (χ0v) is 14.4. The molecule has 0 aliphatic rings. The number of hydrogen-bond donors (Lipinski definition) is 1. The number of aromatic nitrogens is 4. The van der Waals surface area contributed by atoms with E-state index in [9.17, 15) is 9.59 Å². The number of carbonyl (C=O) groups is 1. The van der Waals surface area contributed by atoms with Crippen LogP contribution in [0.25, 0.3) is 16.6 Å². The number of fused-ring (bicyclic) bond motifs is 1. The molecule has 2 aromatic carbocycles. The van der Waals surface area contributed by atoms with E-state index >= 15 is 0 Å². The van der Waals surface area contributed by atoms with Crippen molar-refractivity contribution >= 4 is 16.7 Å². The van der Waals surface area contributed by atoms with Gasteiger partial charge in [-0.1, -0.05) is 36.4 Å². The van der Waals surface area contributed by atoms with Gasteiger partial charge in [-0.3, -0.25) is 9.59 Å². The smallest absolute Gasteiger partial charge is 0.266 e. The first kappa shape index (κ1) is 16.7. The van der Waals surface area contributed by atoms with Gasteiger partial charge in [-0.25, -0.2) is 9.36 Å². The average Bonchev–Trinajstić information content (AvgIpc) is 3.23. The largest absolute Gasteiger partial charge is 0.350 e. The number of nitrogens with zero attached hydrogens (tertiary/aromatic N) is 4. The summed E-state index contributed by atoms with van der Waals surface area (Å²) in [4.78, 5) is 24.6. The van der Waals surface area contributed by atoms with Crippen LogP contribution in [0, 0.1) is 0 Å². The van der Waals surface area contributed by atoms with Gasteiger partial charge in [0, 0.05) is 30.6 Å². The number of hydrogen-bond acceptors (Lipinski definition) is 4. The van der Waals surface area contributed by atoms with Gasteiger partial charge in [0.05, 0.1) is 6.54 Å². The molecule has 0 saturated heterocycles. The summed E-state index contributed by atoms with van der Waals surface area (Å²) in [6.07, 6.45) is 3.39. The molecule has 2 heterocycles. The minimum absolute atomic E-state index is 0.178. The minimum Gasteiger partial charge on any atom is -0.350 e. The Hall–Kier alpha value is -3.74. The van der Waals surface area contributed by atoms with E-state index in [0.717, 1.165) is 10.8 Å². The lowest BCUT2D eigenvalue weighted by Gasteiger charge is -2.10. The molecule has 1 N–H and O–H groups in total. The Balaban J connectivity index is 1.47. The highest BCUT2D eigenvalue weighted by Gasteiger charge is 2.09. The molecule has 4 rings (SSSR count). The zero-order chi connectivity index (χ0) is 18.6. The molecule has 1 amide bonds. The third kappa shape index (κ3) is 3.48. The predicted octanol–water partition coefficient (Wildman–Crippen LogP) is 2.01. The molecule has 0 saturated carbocycles. The monoisotopic (exact) mass is 359 g/mol. The summed E-state index contributed by atoms with van der Waals surface area (Å²) in [5, 5.41) is 13.2. The molecule has 0 spiro atoms. The lowest BCUT2D eigenvalue weighted by Crippen LogP contribution is -2.32. The fourth-order valence-corrected chi connectivity index (χ4v) is 2.92. The van der Waals surface area contributed by atoms with Crippen molar-refractivity contribution in [3.63, 3.8) is 0 Å². The Morgan fingerprint density at radius 3 is 2.70 bits per heavy atom. The lowest BCUT2D eigenvalue weighted by atomic mass is 10.0. The summed E-state index contributed by atoms with van der Waals surface area (Å²) in [6, 6.07) is 18.2. The minimum atomic E-state index is -0.231. The molecule has 0 bridgehead atoms. The summed E-state index contributed by atoms with van der Waals surface area (Å²) >= 11 is 0. The zero-order valence-electron chi connectivity index (χ0n) is 14.4. The molecule has 134 valence electrons. The van der Waals surface area contributed by atoms with Crippen LogP contribution in [0.4, 0.5) is 0 Å². The third-order valence-corrected chi connectivity index (χ3v) is 4.24. The molecule has 27 heavy (non-hydrogen) atoms. The van der Waals surface area contributed by atoms with Crippen LogP contribution >= 0.6 is 0 Å². The van der Waals surface area contributed by atoms with E-state index in [1.807, 2.05) is 36.4 Å². The first-order chi connectivity index (χ1) is 13.2. The topological polar surface area (TPSA) is 81.8 Å². The van der Waals surface area contributed by atoms with Crippen LogP contribution in [0.3, 0.4) is 0 Å². The second-order valence-corrected chi connectivity index (χ2v) is 5.99. The molecule has 2 aromatic heterocycles. The van der Waals surface area contributed by atoms with Gasteiger partial charge < -0.3 is 5.32 Å². The summed E-state index contributed by atoms with van der Waals surface area (Å²) < 4.78 is 2.89. The molecule has 0 unspecified atom stereocenters. The Labute approximate surface area is 154 Å². The fraction of sp³-hybridized carbons (Fsp3) is 0.100. The van der Waals surface area contributed by atoms with E-state index in [0.29, 0.717) is 11.4 Å². The van der Waals surface area contributed by atoms with E-state index in [-0.39, 0.29) is 24.6 Å². The van der Waals surface area contributed by atoms with E-state index < -0.39 is 0 Å². The van der Waals surface area contributed by atoms with Crippen molar-refractivity contribution in [3.8, 4) is 5.82 Å². The summed E-state index contributed by atoms with van der Waals surface area (Å²) in [6.45, 7) is 0.558. The molecule has 4 aromatic rings. The van der Waals surface area contributed by atoms with Crippen LogP contribution in [-0.4, -0.2) is 32.0 Å². The number of benzene rings is 2. The molecular weight excluding hydrogens is 342 g/mol. The van der Waals surface area contributed by atoms with Crippen molar-refractivity contribution in [1.29, 1.82) is 0 Å². The maximum absolute atomic E-state index is 12.6. The molecular formula is C20H17N5O2. The van der Waals surface area contributed by atoms with Gasteiger partial charge in [-0.05, 0) is 29.0 Å². The highest BCUT2D eigenvalue weighted by molar-refractivity contribution is 6.06. The number of carbonyl (C=O) groups excluding carboxylic acids is 1. The number of amides is 1. The van der Waals surface area contributed by atoms with Gasteiger partial charge in [0.2, 0.25) is 0 Å². The maximum atomic E-state index is 12.6. The van der Waals surface area contributed by atoms with Crippen molar-refractivity contribution in [1.82, 2.24) is 24.9 Å². The van der Waals surface area contributed by atoms with Gasteiger partial charge in [0.25, 0.3) is 11.5 Å². The second kappa shape index (κ2) is 7.25. The van der Waals surface area contributed by atoms with Gasteiger partial charge in [-0.2, -0.15) is 5.10 Å². The highest BCUT2D eigenvalue weighted by atomic mass is 16.2.